The normalized spacial score (nSPS) is 15.0. The van der Waals surface area contributed by atoms with Crippen LogP contribution in [0.4, 0.5) is 11.8 Å². The number of hydrogen-bond donors (Lipinski definition) is 2. The van der Waals surface area contributed by atoms with Crippen molar-refractivity contribution in [3.05, 3.63) is 10.4 Å². The van der Waals surface area contributed by atoms with Crippen molar-refractivity contribution in [1.82, 2.24) is 14.9 Å². The van der Waals surface area contributed by atoms with Crippen molar-refractivity contribution in [2.45, 2.75) is 52.4 Å². The molecule has 0 unspecified atom stereocenters. The van der Waals surface area contributed by atoms with Crippen LogP contribution in [0.2, 0.25) is 0 Å². The average molecular weight is 442 g/mol. The van der Waals surface area contributed by atoms with Gasteiger partial charge in [-0.15, -0.1) is 23.7 Å². The molecule has 0 bridgehead atoms. The summed E-state index contributed by atoms with van der Waals surface area (Å²) in [7, 11) is 2.16. The molecule has 0 atom stereocenters. The molecule has 0 aliphatic carbocycles. The fourth-order valence-electron chi connectivity index (χ4n) is 3.70. The van der Waals surface area contributed by atoms with E-state index in [1.165, 1.54) is 41.5 Å². The van der Waals surface area contributed by atoms with Crippen molar-refractivity contribution in [3.8, 4) is 0 Å². The van der Waals surface area contributed by atoms with E-state index in [1.807, 2.05) is 11.3 Å². The number of nitrogens with one attached hydrogen (secondary N) is 1. The lowest BCUT2D eigenvalue weighted by atomic mass is 10.0. The molecule has 1 aliphatic heterocycles. The Morgan fingerprint density at radius 1 is 1.03 bits per heavy atom. The van der Waals surface area contributed by atoms with Gasteiger partial charge in [0, 0.05) is 37.6 Å². The summed E-state index contributed by atoms with van der Waals surface area (Å²) in [5.41, 5.74) is 1.43. The van der Waals surface area contributed by atoms with Crippen molar-refractivity contribution < 1.29 is 5.11 Å². The van der Waals surface area contributed by atoms with Gasteiger partial charge in [-0.05, 0) is 38.3 Å². The van der Waals surface area contributed by atoms with Crippen LogP contribution in [0.3, 0.4) is 0 Å². The van der Waals surface area contributed by atoms with Gasteiger partial charge in [-0.3, -0.25) is 0 Å². The van der Waals surface area contributed by atoms with Crippen LogP contribution in [0, 0.1) is 0 Å². The van der Waals surface area contributed by atoms with E-state index in [-0.39, 0.29) is 19.0 Å². The number of halogens is 1. The Bertz CT molecular complexity index is 761. The van der Waals surface area contributed by atoms with E-state index in [0.29, 0.717) is 6.54 Å². The van der Waals surface area contributed by atoms with E-state index >= 15 is 0 Å². The number of aromatic nitrogens is 2. The number of unbranched alkanes of at least 4 members (excludes halogenated alkanes) is 2. The highest BCUT2D eigenvalue weighted by molar-refractivity contribution is 7.19. The van der Waals surface area contributed by atoms with Crippen LogP contribution in [0.25, 0.3) is 10.2 Å². The van der Waals surface area contributed by atoms with Gasteiger partial charge < -0.3 is 20.2 Å². The van der Waals surface area contributed by atoms with E-state index in [4.69, 9.17) is 9.97 Å². The number of fused-ring (bicyclic) bond motifs is 1. The number of aryl methyl sites for hydroxylation is 2. The number of hydrogen-bond acceptors (Lipinski definition) is 7. The van der Waals surface area contributed by atoms with Crippen molar-refractivity contribution in [2.75, 3.05) is 56.6 Å². The maximum Gasteiger partial charge on any atom is 0.228 e. The zero-order valence-electron chi connectivity index (χ0n) is 18.0. The number of aliphatic hydroxyl groups excluding tert-OH is 1. The largest absolute Gasteiger partial charge is 0.395 e. The number of likely N-dealkylation sites (N-methyl/N-ethyl adjacent to an activating group) is 1. The zero-order valence-corrected chi connectivity index (χ0v) is 19.7. The zero-order chi connectivity index (χ0) is 19.9. The number of rotatable bonds is 10. The lowest BCUT2D eigenvalue weighted by Crippen LogP contribution is -2.45. The topological polar surface area (TPSA) is 64.5 Å². The summed E-state index contributed by atoms with van der Waals surface area (Å²) in [5.74, 6) is 1.73. The third-order valence-electron chi connectivity index (χ3n) is 5.45. The summed E-state index contributed by atoms with van der Waals surface area (Å²) < 4.78 is 0. The molecule has 3 rings (SSSR count). The first-order chi connectivity index (χ1) is 13.7. The van der Waals surface area contributed by atoms with Crippen molar-refractivity contribution in [2.24, 2.45) is 0 Å². The molecule has 0 saturated carbocycles. The second-order valence-corrected chi connectivity index (χ2v) is 8.79. The third-order valence-corrected chi connectivity index (χ3v) is 6.64. The Morgan fingerprint density at radius 3 is 2.38 bits per heavy atom. The molecule has 1 fully saturated rings. The highest BCUT2D eigenvalue weighted by atomic mass is 35.5. The summed E-state index contributed by atoms with van der Waals surface area (Å²) in [6.45, 7) is 9.10. The first-order valence-electron chi connectivity index (χ1n) is 10.8. The molecule has 0 radical (unpaired) electrons. The maximum absolute atomic E-state index is 9.36. The molecule has 2 N–H and O–H groups in total. The van der Waals surface area contributed by atoms with Gasteiger partial charge in [0.25, 0.3) is 0 Å². The Kier molecular flexibility index (Phi) is 9.89. The molecule has 0 amide bonds. The predicted molar refractivity (Wildman–Crippen MR) is 127 cm³/mol. The van der Waals surface area contributed by atoms with Crippen LogP contribution in [-0.4, -0.2) is 66.4 Å². The molecule has 2 aromatic rings. The average Bonchev–Trinajstić information content (AvgIpc) is 3.06. The van der Waals surface area contributed by atoms with Crippen LogP contribution in [0.1, 0.15) is 50.0 Å². The lowest BCUT2D eigenvalue weighted by molar-refractivity contribution is 0.310. The Balaban J connectivity index is 0.00000300. The minimum Gasteiger partial charge on any atom is -0.395 e. The van der Waals surface area contributed by atoms with Gasteiger partial charge in [-0.25, -0.2) is 4.98 Å². The molecule has 1 aliphatic rings. The minimum absolute atomic E-state index is 0. The first-order valence-corrected chi connectivity index (χ1v) is 11.6. The van der Waals surface area contributed by atoms with Crippen molar-refractivity contribution in [3.63, 3.8) is 0 Å². The number of aliphatic hydroxyl groups is 1. The maximum atomic E-state index is 9.36. The standard InChI is InChI=1S/C21H35N5OS.ClH/c1-4-6-8-16-17(9-7-5-2)28-20-18(16)19(22-10-15-27)23-21(24-20)26-13-11-25(3)12-14-26;/h27H,4-15H2,1-3H3,(H,22,23,24);1H. The summed E-state index contributed by atoms with van der Waals surface area (Å²) >= 11 is 1.85. The van der Waals surface area contributed by atoms with E-state index < -0.39 is 0 Å². The van der Waals surface area contributed by atoms with E-state index in [9.17, 15) is 5.11 Å². The number of nitrogens with zero attached hydrogens (tertiary/aromatic N) is 4. The number of piperazine rings is 1. The van der Waals surface area contributed by atoms with Gasteiger partial charge >= 0.3 is 0 Å². The van der Waals surface area contributed by atoms with E-state index in [0.717, 1.165) is 55.6 Å². The minimum atomic E-state index is 0. The van der Waals surface area contributed by atoms with Gasteiger partial charge in [0.15, 0.2) is 0 Å². The molecule has 3 heterocycles. The van der Waals surface area contributed by atoms with Crippen LogP contribution >= 0.6 is 23.7 Å². The van der Waals surface area contributed by atoms with Crippen LogP contribution < -0.4 is 10.2 Å². The van der Waals surface area contributed by atoms with Crippen molar-refractivity contribution >= 4 is 45.7 Å². The summed E-state index contributed by atoms with van der Waals surface area (Å²) in [6, 6.07) is 0. The highest BCUT2D eigenvalue weighted by Crippen LogP contribution is 2.37. The third kappa shape index (κ3) is 5.94. The Hall–Kier alpha value is -1.15. The molecular formula is C21H36ClN5OS. The molecular weight excluding hydrogens is 406 g/mol. The molecule has 164 valence electrons. The van der Waals surface area contributed by atoms with Crippen LogP contribution in [-0.2, 0) is 12.8 Å². The van der Waals surface area contributed by atoms with Crippen LogP contribution in [0.5, 0.6) is 0 Å². The molecule has 0 aromatic carbocycles. The fourth-order valence-corrected chi connectivity index (χ4v) is 4.96. The Morgan fingerprint density at radius 2 is 1.72 bits per heavy atom. The molecule has 1 saturated heterocycles. The van der Waals surface area contributed by atoms with E-state index in [2.05, 4.69) is 36.0 Å². The smallest absolute Gasteiger partial charge is 0.228 e. The molecule has 2 aromatic heterocycles. The summed E-state index contributed by atoms with van der Waals surface area (Å²) in [4.78, 5) is 17.1. The molecule has 8 heteroatoms. The van der Waals surface area contributed by atoms with Gasteiger partial charge in [-0.1, -0.05) is 26.7 Å². The monoisotopic (exact) mass is 441 g/mol. The van der Waals surface area contributed by atoms with Crippen molar-refractivity contribution in [1.29, 1.82) is 0 Å². The second-order valence-electron chi connectivity index (χ2n) is 7.70. The number of anilines is 2. The SMILES string of the molecule is CCCCc1sc2nc(N3CCN(C)CC3)nc(NCCO)c2c1CCCC.Cl. The number of thiophene rings is 1. The van der Waals surface area contributed by atoms with E-state index in [1.54, 1.807) is 0 Å². The summed E-state index contributed by atoms with van der Waals surface area (Å²) in [6.07, 6.45) is 6.99. The van der Waals surface area contributed by atoms with Crippen LogP contribution in [0.15, 0.2) is 0 Å². The first kappa shape index (κ1) is 24.1. The quantitative estimate of drug-likeness (QED) is 0.581. The fraction of sp³-hybridized carbons (Fsp3) is 0.714. The predicted octanol–water partition coefficient (Wildman–Crippen LogP) is 3.95. The molecule has 6 nitrogen and oxygen atoms in total. The second kappa shape index (κ2) is 11.9. The van der Waals surface area contributed by atoms with Gasteiger partial charge in [0.1, 0.15) is 10.6 Å². The molecule has 0 spiro atoms. The van der Waals surface area contributed by atoms with Gasteiger partial charge in [0.2, 0.25) is 5.95 Å². The van der Waals surface area contributed by atoms with Gasteiger partial charge in [-0.2, -0.15) is 4.98 Å². The summed E-state index contributed by atoms with van der Waals surface area (Å²) in [5, 5.41) is 13.9. The molecule has 29 heavy (non-hydrogen) atoms. The highest BCUT2D eigenvalue weighted by Gasteiger charge is 2.22. The van der Waals surface area contributed by atoms with Gasteiger partial charge in [0.05, 0.1) is 12.0 Å². The lowest BCUT2D eigenvalue weighted by Gasteiger charge is -2.32. The Labute approximate surface area is 185 Å².